The van der Waals surface area contributed by atoms with Crippen molar-refractivity contribution in [2.75, 3.05) is 0 Å². The molecule has 1 aromatic rings. The molecule has 2 unspecified atom stereocenters. The predicted octanol–water partition coefficient (Wildman–Crippen LogP) is 3.44. The summed E-state index contributed by atoms with van der Waals surface area (Å²) in [5.74, 6) is 1.05. The van der Waals surface area contributed by atoms with E-state index >= 15 is 0 Å². The van der Waals surface area contributed by atoms with Crippen LogP contribution in [0.15, 0.2) is 18.3 Å². The molecule has 3 rings (SSSR count). The maximum Gasteiger partial charge on any atom is 0.0626 e. The molecular formula is C16H23NO. The molecule has 0 spiro atoms. The molecule has 0 amide bonds. The number of pyridine rings is 1. The van der Waals surface area contributed by atoms with Crippen LogP contribution in [-0.2, 0) is 6.42 Å². The normalized spacial score (nSPS) is 25.9. The number of aliphatic hydroxyl groups is 1. The molecule has 98 valence electrons. The van der Waals surface area contributed by atoms with Gasteiger partial charge in [0.2, 0.25) is 0 Å². The number of fused-ring (bicyclic) bond motifs is 1. The maximum atomic E-state index is 10.5. The highest BCUT2D eigenvalue weighted by Crippen LogP contribution is 2.37. The summed E-state index contributed by atoms with van der Waals surface area (Å²) in [5, 5.41) is 10.5. The van der Waals surface area contributed by atoms with E-state index in [9.17, 15) is 5.11 Å². The van der Waals surface area contributed by atoms with Crippen LogP contribution in [0.4, 0.5) is 0 Å². The summed E-state index contributed by atoms with van der Waals surface area (Å²) in [6.45, 7) is 0. The molecule has 2 atom stereocenters. The van der Waals surface area contributed by atoms with Crippen LogP contribution in [0.2, 0.25) is 0 Å². The number of aryl methyl sites for hydroxylation is 1. The molecule has 2 aliphatic carbocycles. The molecule has 0 aliphatic heterocycles. The standard InChI is InChI=1S/C16H23NO/c18-15(11-12-5-2-1-3-6-12)14-9-8-13-7-4-10-17-16(13)14/h4,7,10,12,14-15,18H,1-3,5-6,8-9,11H2. The van der Waals surface area contributed by atoms with E-state index in [1.807, 2.05) is 12.3 Å². The van der Waals surface area contributed by atoms with Crippen molar-refractivity contribution in [3.8, 4) is 0 Å². The summed E-state index contributed by atoms with van der Waals surface area (Å²) in [5.41, 5.74) is 2.52. The zero-order valence-corrected chi connectivity index (χ0v) is 11.0. The smallest absolute Gasteiger partial charge is 0.0626 e. The molecular weight excluding hydrogens is 222 g/mol. The third-order valence-electron chi connectivity index (χ3n) is 4.77. The van der Waals surface area contributed by atoms with E-state index in [0.717, 1.165) is 25.2 Å². The molecule has 18 heavy (non-hydrogen) atoms. The van der Waals surface area contributed by atoms with Gasteiger partial charge in [0, 0.05) is 17.8 Å². The van der Waals surface area contributed by atoms with E-state index in [1.165, 1.54) is 43.4 Å². The molecule has 0 radical (unpaired) electrons. The Labute approximate surface area is 109 Å². The Bertz CT molecular complexity index is 398. The lowest BCUT2D eigenvalue weighted by Crippen LogP contribution is -2.22. The Morgan fingerprint density at radius 1 is 1.22 bits per heavy atom. The first kappa shape index (κ1) is 12.2. The van der Waals surface area contributed by atoms with Crippen molar-refractivity contribution in [3.63, 3.8) is 0 Å². The highest BCUT2D eigenvalue weighted by molar-refractivity contribution is 5.29. The molecule has 1 N–H and O–H groups in total. The summed E-state index contributed by atoms with van der Waals surface area (Å²) < 4.78 is 0. The monoisotopic (exact) mass is 245 g/mol. The van der Waals surface area contributed by atoms with Crippen molar-refractivity contribution in [1.82, 2.24) is 4.98 Å². The maximum absolute atomic E-state index is 10.5. The lowest BCUT2D eigenvalue weighted by Gasteiger charge is -2.26. The molecule has 2 heteroatoms. The Hall–Kier alpha value is -0.890. The van der Waals surface area contributed by atoms with E-state index in [2.05, 4.69) is 11.1 Å². The highest BCUT2D eigenvalue weighted by Gasteiger charge is 2.31. The minimum Gasteiger partial charge on any atom is -0.392 e. The van der Waals surface area contributed by atoms with Crippen LogP contribution in [0.1, 0.15) is 62.1 Å². The molecule has 1 fully saturated rings. The second-order valence-corrected chi connectivity index (χ2v) is 6.00. The Kier molecular flexibility index (Phi) is 3.64. The van der Waals surface area contributed by atoms with Crippen LogP contribution in [0.25, 0.3) is 0 Å². The first-order valence-electron chi connectivity index (χ1n) is 7.46. The van der Waals surface area contributed by atoms with Crippen LogP contribution in [0.3, 0.4) is 0 Å². The van der Waals surface area contributed by atoms with Crippen molar-refractivity contribution >= 4 is 0 Å². The first-order valence-corrected chi connectivity index (χ1v) is 7.46. The van der Waals surface area contributed by atoms with E-state index < -0.39 is 0 Å². The van der Waals surface area contributed by atoms with Gasteiger partial charge >= 0.3 is 0 Å². The number of aromatic nitrogens is 1. The average Bonchev–Trinajstić information content (AvgIpc) is 2.84. The first-order chi connectivity index (χ1) is 8.84. The molecule has 0 saturated heterocycles. The Morgan fingerprint density at radius 3 is 2.89 bits per heavy atom. The van der Waals surface area contributed by atoms with Gasteiger partial charge in [-0.15, -0.1) is 0 Å². The number of aliphatic hydroxyl groups excluding tert-OH is 1. The SMILES string of the molecule is OC(CC1CCCCC1)C1CCc2cccnc21. The van der Waals surface area contributed by atoms with Gasteiger partial charge in [0.25, 0.3) is 0 Å². The highest BCUT2D eigenvalue weighted by atomic mass is 16.3. The van der Waals surface area contributed by atoms with Crippen LogP contribution >= 0.6 is 0 Å². The van der Waals surface area contributed by atoms with Gasteiger partial charge in [-0.3, -0.25) is 4.98 Å². The minimum atomic E-state index is -0.177. The summed E-state index contributed by atoms with van der Waals surface area (Å²) in [4.78, 5) is 4.49. The molecule has 2 aliphatic rings. The summed E-state index contributed by atoms with van der Waals surface area (Å²) >= 11 is 0. The summed E-state index contributed by atoms with van der Waals surface area (Å²) in [6.07, 6.45) is 11.6. The van der Waals surface area contributed by atoms with Crippen molar-refractivity contribution < 1.29 is 5.11 Å². The number of rotatable bonds is 3. The van der Waals surface area contributed by atoms with Crippen molar-refractivity contribution in [3.05, 3.63) is 29.6 Å². The summed E-state index contributed by atoms with van der Waals surface area (Å²) in [6, 6.07) is 4.17. The average molecular weight is 245 g/mol. The van der Waals surface area contributed by atoms with Crippen LogP contribution < -0.4 is 0 Å². The molecule has 1 saturated carbocycles. The molecule has 2 nitrogen and oxygen atoms in total. The molecule has 0 aromatic carbocycles. The molecule has 0 bridgehead atoms. The van der Waals surface area contributed by atoms with Crippen molar-refractivity contribution in [2.24, 2.45) is 5.92 Å². The zero-order valence-electron chi connectivity index (χ0n) is 11.0. The lowest BCUT2D eigenvalue weighted by atomic mass is 9.82. The fourth-order valence-corrected chi connectivity index (χ4v) is 3.75. The quantitative estimate of drug-likeness (QED) is 0.885. The molecule has 1 heterocycles. The Morgan fingerprint density at radius 2 is 2.06 bits per heavy atom. The van der Waals surface area contributed by atoms with E-state index in [4.69, 9.17) is 0 Å². The molecule has 1 aromatic heterocycles. The van der Waals surface area contributed by atoms with Crippen LogP contribution in [0, 0.1) is 5.92 Å². The zero-order chi connectivity index (χ0) is 12.4. The van der Waals surface area contributed by atoms with E-state index in [-0.39, 0.29) is 6.10 Å². The van der Waals surface area contributed by atoms with Crippen LogP contribution in [-0.4, -0.2) is 16.2 Å². The second kappa shape index (κ2) is 5.40. The second-order valence-electron chi connectivity index (χ2n) is 6.00. The van der Waals surface area contributed by atoms with Gasteiger partial charge < -0.3 is 5.11 Å². The van der Waals surface area contributed by atoms with Crippen molar-refractivity contribution in [1.29, 1.82) is 0 Å². The fraction of sp³-hybridized carbons (Fsp3) is 0.688. The third-order valence-corrected chi connectivity index (χ3v) is 4.77. The predicted molar refractivity (Wildman–Crippen MR) is 72.5 cm³/mol. The van der Waals surface area contributed by atoms with Gasteiger partial charge in [-0.05, 0) is 36.8 Å². The van der Waals surface area contributed by atoms with Gasteiger partial charge in [-0.1, -0.05) is 38.2 Å². The Balaban J connectivity index is 1.64. The number of hydrogen-bond acceptors (Lipinski definition) is 2. The lowest BCUT2D eigenvalue weighted by molar-refractivity contribution is 0.102. The fourth-order valence-electron chi connectivity index (χ4n) is 3.75. The van der Waals surface area contributed by atoms with E-state index in [1.54, 1.807) is 0 Å². The summed E-state index contributed by atoms with van der Waals surface area (Å²) in [7, 11) is 0. The third kappa shape index (κ3) is 2.44. The van der Waals surface area contributed by atoms with Gasteiger partial charge in [-0.2, -0.15) is 0 Å². The largest absolute Gasteiger partial charge is 0.392 e. The number of hydrogen-bond donors (Lipinski definition) is 1. The van der Waals surface area contributed by atoms with Gasteiger partial charge in [0.1, 0.15) is 0 Å². The minimum absolute atomic E-state index is 0.177. The van der Waals surface area contributed by atoms with Crippen LogP contribution in [0.5, 0.6) is 0 Å². The van der Waals surface area contributed by atoms with Gasteiger partial charge in [0.15, 0.2) is 0 Å². The topological polar surface area (TPSA) is 33.1 Å². The van der Waals surface area contributed by atoms with Gasteiger partial charge in [0.05, 0.1) is 6.10 Å². The number of nitrogens with zero attached hydrogens (tertiary/aromatic N) is 1. The van der Waals surface area contributed by atoms with Crippen molar-refractivity contribution in [2.45, 2.75) is 63.4 Å². The van der Waals surface area contributed by atoms with Gasteiger partial charge in [-0.25, -0.2) is 0 Å². The van der Waals surface area contributed by atoms with E-state index in [0.29, 0.717) is 5.92 Å².